The van der Waals surface area contributed by atoms with Crippen molar-refractivity contribution in [1.29, 1.82) is 0 Å². The molecule has 16 heteroatoms. The quantitative estimate of drug-likeness (QED) is 0.513. The Kier molecular flexibility index (Phi) is 4.16. The molecule has 0 N–H and O–H groups in total. The Morgan fingerprint density at radius 1 is 0.667 bits per heavy atom. The van der Waals surface area contributed by atoms with Crippen LogP contribution < -0.4 is 0 Å². The summed E-state index contributed by atoms with van der Waals surface area (Å²) in [5.74, 6) is -13.2. The molecule has 1 aliphatic rings. The summed E-state index contributed by atoms with van der Waals surface area (Å²) in [5.41, 5.74) is 0. The van der Waals surface area contributed by atoms with Gasteiger partial charge in [-0.1, -0.05) is 4.90 Å². The maximum Gasteiger partial charge on any atom is 0.439 e. The highest BCUT2D eigenvalue weighted by Crippen LogP contribution is 2.62. The van der Waals surface area contributed by atoms with Gasteiger partial charge in [0.2, 0.25) is 0 Å². The molecule has 144 valence electrons. The van der Waals surface area contributed by atoms with E-state index in [0.29, 0.717) is 0 Å². The summed E-state index contributed by atoms with van der Waals surface area (Å²) >= 11 is 0. The first-order valence-electron chi connectivity index (χ1n) is 5.22. The zero-order chi connectivity index (χ0) is 19.8. The second kappa shape index (κ2) is 4.76. The highest BCUT2D eigenvalue weighted by molar-refractivity contribution is 5.04. The molecule has 1 rings (SSSR count). The van der Waals surface area contributed by atoms with Crippen LogP contribution in [-0.4, -0.2) is 47.1 Å². The molecule has 0 radical (unpaired) electrons. The third kappa shape index (κ3) is 2.40. The number of rotatable bonds is 3. The van der Waals surface area contributed by atoms with E-state index in [4.69, 9.17) is 0 Å². The fourth-order valence-corrected chi connectivity index (χ4v) is 1.48. The van der Waals surface area contributed by atoms with Crippen LogP contribution in [0.3, 0.4) is 0 Å². The minimum absolute atomic E-state index is 1.06. The fraction of sp³-hybridized carbons (Fsp3) is 1.00. The summed E-state index contributed by atoms with van der Waals surface area (Å²) in [6, 6.07) is -22.0. The average molecular weight is 395 g/mol. The fourth-order valence-electron chi connectivity index (χ4n) is 1.48. The minimum atomic E-state index is -7.56. The summed E-state index contributed by atoms with van der Waals surface area (Å²) in [5, 5.41) is 0. The van der Waals surface area contributed by atoms with Crippen molar-refractivity contribution in [3.8, 4) is 0 Å². The van der Waals surface area contributed by atoms with Crippen LogP contribution in [0.1, 0.15) is 6.92 Å². The van der Waals surface area contributed by atoms with Gasteiger partial charge in [-0.2, -0.15) is 61.5 Å². The summed E-state index contributed by atoms with van der Waals surface area (Å²) in [7, 11) is 0. The molecule has 0 amide bonds. The minimum Gasteiger partial charge on any atom is -0.243 e. The zero-order valence-electron chi connectivity index (χ0n) is 10.6. The van der Waals surface area contributed by atoms with Crippen LogP contribution in [-0.2, 0) is 4.74 Å². The monoisotopic (exact) mass is 395 g/mol. The van der Waals surface area contributed by atoms with Gasteiger partial charge in [-0.25, -0.2) is 4.74 Å². The lowest BCUT2D eigenvalue weighted by molar-refractivity contribution is -0.596. The van der Waals surface area contributed by atoms with Crippen molar-refractivity contribution in [2.45, 2.75) is 49.1 Å². The summed E-state index contributed by atoms with van der Waals surface area (Å²) in [4.78, 5) is -3.96. The Morgan fingerprint density at radius 3 is 1.21 bits per heavy atom. The molecule has 0 atom stereocenters. The first-order chi connectivity index (χ1) is 10.1. The molecular formula is C8H3F14NO. The number of ether oxygens (including phenoxy) is 1. The molecule has 0 saturated carbocycles. The molecule has 0 aliphatic carbocycles. The van der Waals surface area contributed by atoms with Crippen molar-refractivity contribution in [1.82, 2.24) is 4.90 Å². The summed E-state index contributed by atoms with van der Waals surface area (Å²) in [6.45, 7) is -1.06. The van der Waals surface area contributed by atoms with Gasteiger partial charge in [-0.3, -0.25) is 0 Å². The topological polar surface area (TPSA) is 12.5 Å². The first kappa shape index (κ1) is 21.0. The second-order valence-electron chi connectivity index (χ2n) is 4.56. The molecule has 1 saturated heterocycles. The van der Waals surface area contributed by atoms with Gasteiger partial charge in [0.15, 0.2) is 0 Å². The molecule has 0 spiro atoms. The lowest BCUT2D eigenvalue weighted by atomic mass is 10.1. The van der Waals surface area contributed by atoms with E-state index in [-0.39, 0.29) is 0 Å². The number of morpholine rings is 1. The van der Waals surface area contributed by atoms with E-state index in [1.54, 1.807) is 4.74 Å². The molecule has 0 bridgehead atoms. The zero-order valence-corrected chi connectivity index (χ0v) is 10.6. The van der Waals surface area contributed by atoms with Crippen LogP contribution >= 0.6 is 0 Å². The molecule has 1 heterocycles. The number of hydrogen-bond acceptors (Lipinski definition) is 2. The van der Waals surface area contributed by atoms with Gasteiger partial charge in [0.05, 0.1) is 0 Å². The Bertz CT molecular complexity index is 481. The number of halogens is 14. The molecule has 0 aromatic rings. The van der Waals surface area contributed by atoms with Crippen LogP contribution in [0.25, 0.3) is 0 Å². The van der Waals surface area contributed by atoms with Gasteiger partial charge < -0.3 is 0 Å². The van der Waals surface area contributed by atoms with Crippen LogP contribution in [0.5, 0.6) is 0 Å². The maximum absolute atomic E-state index is 13.3. The van der Waals surface area contributed by atoms with Crippen LogP contribution in [0, 0.1) is 0 Å². The Labute approximate surface area is 121 Å². The third-order valence-corrected chi connectivity index (χ3v) is 2.73. The first-order valence-corrected chi connectivity index (χ1v) is 5.22. The van der Waals surface area contributed by atoms with Gasteiger partial charge in [-0.15, -0.1) is 0 Å². The highest BCUT2D eigenvalue weighted by atomic mass is 19.4. The SMILES string of the molecule is CC(F)(F)C(F)(F)C(F)(F)N1C(F)(F)C(F)(F)OC(F)(F)C1(F)F. The molecule has 0 aromatic heterocycles. The molecular weight excluding hydrogens is 392 g/mol. The predicted octanol–water partition coefficient (Wildman–Crippen LogP) is 4.57. The van der Waals surface area contributed by atoms with E-state index in [2.05, 4.69) is 0 Å². The molecule has 0 aromatic carbocycles. The van der Waals surface area contributed by atoms with Gasteiger partial charge in [0.25, 0.3) is 0 Å². The smallest absolute Gasteiger partial charge is 0.243 e. The average Bonchev–Trinajstić information content (AvgIpc) is 2.21. The van der Waals surface area contributed by atoms with Crippen molar-refractivity contribution >= 4 is 0 Å². The standard InChI is InChI=1S/C8H3F14NO/c1-2(9,10)3(11,12)4(13,14)23-5(15,16)7(19,20)24-8(21,22)6(23,17)18/h1H3. The number of alkyl halides is 14. The van der Waals surface area contributed by atoms with Gasteiger partial charge in [-0.05, 0) is 0 Å². The molecule has 0 unspecified atom stereocenters. The lowest BCUT2D eigenvalue weighted by Crippen LogP contribution is -2.81. The van der Waals surface area contributed by atoms with Crippen LogP contribution in [0.15, 0.2) is 0 Å². The lowest BCUT2D eigenvalue weighted by Gasteiger charge is -2.50. The third-order valence-electron chi connectivity index (χ3n) is 2.73. The van der Waals surface area contributed by atoms with Crippen molar-refractivity contribution in [3.05, 3.63) is 0 Å². The molecule has 2 nitrogen and oxygen atoms in total. The number of nitrogens with zero attached hydrogens (tertiary/aromatic N) is 1. The maximum atomic E-state index is 13.3. The summed E-state index contributed by atoms with van der Waals surface area (Å²) < 4.78 is 182. The van der Waals surface area contributed by atoms with E-state index in [1.807, 2.05) is 0 Å². The Hall–Kier alpha value is -1.06. The Balaban J connectivity index is 3.73. The van der Waals surface area contributed by atoms with Gasteiger partial charge >= 0.3 is 42.2 Å². The van der Waals surface area contributed by atoms with Crippen molar-refractivity contribution in [2.24, 2.45) is 0 Å². The molecule has 24 heavy (non-hydrogen) atoms. The van der Waals surface area contributed by atoms with Crippen molar-refractivity contribution < 1.29 is 66.2 Å². The van der Waals surface area contributed by atoms with Crippen molar-refractivity contribution in [2.75, 3.05) is 0 Å². The van der Waals surface area contributed by atoms with E-state index in [1.165, 1.54) is 0 Å². The predicted molar refractivity (Wildman–Crippen MR) is 43.2 cm³/mol. The normalized spacial score (nSPS) is 27.1. The Morgan fingerprint density at radius 2 is 0.958 bits per heavy atom. The van der Waals surface area contributed by atoms with E-state index in [9.17, 15) is 61.5 Å². The van der Waals surface area contributed by atoms with Gasteiger partial charge in [0.1, 0.15) is 0 Å². The second-order valence-corrected chi connectivity index (χ2v) is 4.56. The van der Waals surface area contributed by atoms with Crippen LogP contribution in [0.2, 0.25) is 0 Å². The van der Waals surface area contributed by atoms with E-state index in [0.717, 1.165) is 0 Å². The highest BCUT2D eigenvalue weighted by Gasteiger charge is 2.91. The number of hydrogen-bond donors (Lipinski definition) is 0. The largest absolute Gasteiger partial charge is 0.439 e. The van der Waals surface area contributed by atoms with Gasteiger partial charge in [0, 0.05) is 6.92 Å². The summed E-state index contributed by atoms with van der Waals surface area (Å²) in [6.07, 6.45) is -13.7. The van der Waals surface area contributed by atoms with E-state index >= 15 is 0 Å². The molecule has 1 aliphatic heterocycles. The van der Waals surface area contributed by atoms with E-state index < -0.39 is 54.0 Å². The molecule has 1 fully saturated rings. The van der Waals surface area contributed by atoms with Crippen molar-refractivity contribution in [3.63, 3.8) is 0 Å². The van der Waals surface area contributed by atoms with Crippen LogP contribution in [0.4, 0.5) is 61.5 Å².